The minimum Gasteiger partial charge on any atom is -0.494 e. The van der Waals surface area contributed by atoms with Gasteiger partial charge in [-0.2, -0.15) is 0 Å². The zero-order valence-corrected chi connectivity index (χ0v) is 17.4. The Morgan fingerprint density at radius 3 is 2.48 bits per heavy atom. The van der Waals surface area contributed by atoms with Gasteiger partial charge in [-0.25, -0.2) is 0 Å². The van der Waals surface area contributed by atoms with Gasteiger partial charge in [-0.3, -0.25) is 4.79 Å². The molecule has 4 rings (SSSR count). The molecule has 1 heterocycles. The van der Waals surface area contributed by atoms with E-state index in [4.69, 9.17) is 16.3 Å². The Hall–Kier alpha value is -3.64. The minimum absolute atomic E-state index is 0.0448. The van der Waals surface area contributed by atoms with Crippen LogP contribution in [0.25, 0.3) is 10.9 Å². The largest absolute Gasteiger partial charge is 0.494 e. The van der Waals surface area contributed by atoms with Crippen LogP contribution >= 0.6 is 11.6 Å². The fourth-order valence-electron chi connectivity index (χ4n) is 3.31. The predicted octanol–water partition coefficient (Wildman–Crippen LogP) is 6.39. The maximum atomic E-state index is 12.4. The van der Waals surface area contributed by atoms with Crippen LogP contribution in [0.4, 0.5) is 5.69 Å². The lowest BCUT2D eigenvalue weighted by Crippen LogP contribution is -2.04. The first kappa shape index (κ1) is 20.6. The number of benzene rings is 3. The van der Waals surface area contributed by atoms with Crippen molar-refractivity contribution in [1.29, 1.82) is 0 Å². The molecule has 0 saturated heterocycles. The molecule has 0 aliphatic rings. The molecule has 3 aromatic carbocycles. The second kappa shape index (κ2) is 9.45. The molecule has 0 unspecified atom stereocenters. The second-order valence-corrected chi connectivity index (χ2v) is 7.25. The lowest BCUT2D eigenvalue weighted by Gasteiger charge is -2.08. The highest BCUT2D eigenvalue weighted by atomic mass is 35.5. The summed E-state index contributed by atoms with van der Waals surface area (Å²) in [6.45, 7) is 1.02. The van der Waals surface area contributed by atoms with Crippen molar-refractivity contribution in [3.63, 3.8) is 0 Å². The van der Waals surface area contributed by atoms with Gasteiger partial charge in [-0.1, -0.05) is 60.1 Å². The number of ether oxygens (including phenoxy) is 1. The number of azo groups is 1. The third-order valence-corrected chi connectivity index (χ3v) is 5.13. The Labute approximate surface area is 184 Å². The van der Waals surface area contributed by atoms with Crippen LogP contribution in [0.3, 0.4) is 0 Å². The van der Waals surface area contributed by atoms with Crippen molar-refractivity contribution in [1.82, 2.24) is 4.57 Å². The van der Waals surface area contributed by atoms with Gasteiger partial charge in [-0.15, -0.1) is 10.2 Å². The molecule has 1 N–H and O–H groups in total. The first-order valence-corrected chi connectivity index (χ1v) is 10.2. The number of amides is 1. The number of carbonyl (C=O) groups is 1. The molecule has 4 aromatic rings. The van der Waals surface area contributed by atoms with Crippen molar-refractivity contribution < 1.29 is 14.6 Å². The first-order chi connectivity index (χ1) is 15.1. The molecule has 0 saturated carbocycles. The Morgan fingerprint density at radius 2 is 1.68 bits per heavy atom. The number of aromatic nitrogens is 1. The van der Waals surface area contributed by atoms with Crippen molar-refractivity contribution in [2.75, 3.05) is 6.61 Å². The molecule has 0 fully saturated rings. The molecule has 156 valence electrons. The summed E-state index contributed by atoms with van der Waals surface area (Å²) >= 11 is 6.06. The van der Waals surface area contributed by atoms with Crippen molar-refractivity contribution in [2.24, 2.45) is 10.2 Å². The van der Waals surface area contributed by atoms with E-state index < -0.39 is 5.91 Å². The van der Waals surface area contributed by atoms with Crippen LogP contribution in [0.15, 0.2) is 89.1 Å². The van der Waals surface area contributed by atoms with E-state index in [1.54, 1.807) is 28.8 Å². The number of halogens is 1. The Kier molecular flexibility index (Phi) is 6.29. The van der Waals surface area contributed by atoms with Gasteiger partial charge in [-0.05, 0) is 36.8 Å². The maximum Gasteiger partial charge on any atom is 0.296 e. The SMILES string of the molecule is O=C(N=Nc1c(O)n(CCCOc2ccccc2)c2ccccc12)c1ccccc1Cl. The maximum absolute atomic E-state index is 12.4. The summed E-state index contributed by atoms with van der Waals surface area (Å²) in [5, 5.41) is 19.7. The van der Waals surface area contributed by atoms with E-state index in [0.717, 1.165) is 11.3 Å². The zero-order valence-electron chi connectivity index (χ0n) is 16.6. The number of hydrogen-bond donors (Lipinski definition) is 1. The molecule has 0 bridgehead atoms. The summed E-state index contributed by atoms with van der Waals surface area (Å²) in [5.74, 6) is 0.186. The van der Waals surface area contributed by atoms with Gasteiger partial charge < -0.3 is 14.4 Å². The fraction of sp³-hybridized carbons (Fsp3) is 0.125. The number of rotatable bonds is 7. The summed E-state index contributed by atoms with van der Waals surface area (Å²) in [6, 6.07) is 23.7. The van der Waals surface area contributed by atoms with E-state index in [1.165, 1.54) is 0 Å². The van der Waals surface area contributed by atoms with Gasteiger partial charge >= 0.3 is 0 Å². The number of carbonyl (C=O) groups excluding carboxylic acids is 1. The Morgan fingerprint density at radius 1 is 0.968 bits per heavy atom. The Bertz CT molecular complexity index is 1240. The van der Waals surface area contributed by atoms with E-state index >= 15 is 0 Å². The van der Waals surface area contributed by atoms with Gasteiger partial charge in [0.05, 0.1) is 22.7 Å². The highest BCUT2D eigenvalue weighted by Crippen LogP contribution is 2.39. The van der Waals surface area contributed by atoms with Crippen molar-refractivity contribution >= 4 is 34.1 Å². The van der Waals surface area contributed by atoms with Crippen LogP contribution in [-0.2, 0) is 6.54 Å². The lowest BCUT2D eigenvalue weighted by atomic mass is 10.2. The summed E-state index contributed by atoms with van der Waals surface area (Å²) < 4.78 is 7.48. The third-order valence-electron chi connectivity index (χ3n) is 4.80. The van der Waals surface area contributed by atoms with E-state index in [-0.39, 0.29) is 17.1 Å². The van der Waals surface area contributed by atoms with Gasteiger partial charge in [0.2, 0.25) is 5.88 Å². The average Bonchev–Trinajstić information content (AvgIpc) is 3.07. The van der Waals surface area contributed by atoms with Crippen LogP contribution in [0.5, 0.6) is 11.6 Å². The van der Waals surface area contributed by atoms with Crippen LogP contribution in [0.1, 0.15) is 16.8 Å². The number of para-hydroxylation sites is 2. The smallest absolute Gasteiger partial charge is 0.296 e. The number of aryl methyl sites for hydroxylation is 1. The molecular weight excluding hydrogens is 414 g/mol. The predicted molar refractivity (Wildman–Crippen MR) is 120 cm³/mol. The molecular formula is C24H20ClN3O3. The molecule has 0 aliphatic carbocycles. The van der Waals surface area contributed by atoms with Gasteiger partial charge in [0.1, 0.15) is 5.75 Å². The van der Waals surface area contributed by atoms with Crippen LogP contribution in [-0.4, -0.2) is 22.2 Å². The first-order valence-electron chi connectivity index (χ1n) is 9.84. The topological polar surface area (TPSA) is 76.2 Å². The van der Waals surface area contributed by atoms with Crippen molar-refractivity contribution in [3.8, 4) is 11.6 Å². The molecule has 0 radical (unpaired) electrons. The third kappa shape index (κ3) is 4.59. The highest BCUT2D eigenvalue weighted by molar-refractivity contribution is 6.33. The quantitative estimate of drug-likeness (QED) is 0.271. The van der Waals surface area contributed by atoms with Crippen LogP contribution in [0.2, 0.25) is 5.02 Å². The number of fused-ring (bicyclic) bond motifs is 1. The van der Waals surface area contributed by atoms with Gasteiger partial charge in [0, 0.05) is 11.9 Å². The number of nitrogens with zero attached hydrogens (tertiary/aromatic N) is 3. The average molecular weight is 434 g/mol. The highest BCUT2D eigenvalue weighted by Gasteiger charge is 2.17. The standard InChI is InChI=1S/C24H20ClN3O3/c25-20-13-6-4-11-18(20)23(29)27-26-22-19-12-5-7-14-21(19)28(24(22)30)15-8-16-31-17-9-2-1-3-10-17/h1-7,9-14,30H,8,15-16H2. The zero-order chi connectivity index (χ0) is 21.6. The molecule has 1 amide bonds. The number of hydrogen-bond acceptors (Lipinski definition) is 4. The van der Waals surface area contributed by atoms with Gasteiger partial charge in [0.15, 0.2) is 5.69 Å². The molecule has 0 spiro atoms. The normalized spacial score (nSPS) is 11.3. The summed E-state index contributed by atoms with van der Waals surface area (Å²) in [4.78, 5) is 12.4. The Balaban J connectivity index is 1.54. The van der Waals surface area contributed by atoms with E-state index in [1.807, 2.05) is 54.6 Å². The van der Waals surface area contributed by atoms with E-state index in [0.29, 0.717) is 30.0 Å². The van der Waals surface area contributed by atoms with Crippen molar-refractivity contribution in [3.05, 3.63) is 89.4 Å². The fourth-order valence-corrected chi connectivity index (χ4v) is 3.53. The molecule has 6 nitrogen and oxygen atoms in total. The number of aromatic hydroxyl groups is 1. The summed E-state index contributed by atoms with van der Waals surface area (Å²) in [7, 11) is 0. The minimum atomic E-state index is -0.571. The van der Waals surface area contributed by atoms with Gasteiger partial charge in [0.25, 0.3) is 5.91 Å². The molecule has 0 aliphatic heterocycles. The summed E-state index contributed by atoms with van der Waals surface area (Å²) in [6.07, 6.45) is 0.677. The van der Waals surface area contributed by atoms with E-state index in [9.17, 15) is 9.90 Å². The van der Waals surface area contributed by atoms with Crippen LogP contribution in [0, 0.1) is 0 Å². The lowest BCUT2D eigenvalue weighted by molar-refractivity contribution is 0.0995. The van der Waals surface area contributed by atoms with Crippen molar-refractivity contribution in [2.45, 2.75) is 13.0 Å². The monoisotopic (exact) mass is 433 g/mol. The van der Waals surface area contributed by atoms with Crippen LogP contribution < -0.4 is 4.74 Å². The molecule has 0 atom stereocenters. The summed E-state index contributed by atoms with van der Waals surface area (Å²) in [5.41, 5.74) is 1.31. The molecule has 1 aromatic heterocycles. The molecule has 7 heteroatoms. The van der Waals surface area contributed by atoms with E-state index in [2.05, 4.69) is 10.2 Å². The molecule has 31 heavy (non-hydrogen) atoms. The second-order valence-electron chi connectivity index (χ2n) is 6.84.